The first-order chi connectivity index (χ1) is 9.06. The van der Waals surface area contributed by atoms with Gasteiger partial charge in [0.1, 0.15) is 17.4 Å². The van der Waals surface area contributed by atoms with Gasteiger partial charge in [-0.05, 0) is 18.2 Å². The minimum Gasteiger partial charge on any atom is -0.341 e. The lowest BCUT2D eigenvalue weighted by Gasteiger charge is -2.25. The number of benzene rings is 1. The van der Waals surface area contributed by atoms with E-state index in [1.165, 1.54) is 0 Å². The number of thioether (sulfide) groups is 1. The third kappa shape index (κ3) is 3.76. The molecule has 3 nitrogen and oxygen atoms in total. The fourth-order valence-electron chi connectivity index (χ4n) is 1.82. The fourth-order valence-corrected chi connectivity index (χ4v) is 2.69. The van der Waals surface area contributed by atoms with Gasteiger partial charge in [-0.15, -0.1) is 11.8 Å². The van der Waals surface area contributed by atoms with Gasteiger partial charge in [0.25, 0.3) is 0 Å². The zero-order valence-electron chi connectivity index (χ0n) is 10.2. The number of hydrogen-bond donors (Lipinski definition) is 0. The summed E-state index contributed by atoms with van der Waals surface area (Å²) in [7, 11) is 0. The van der Waals surface area contributed by atoms with Crippen molar-refractivity contribution in [1.29, 1.82) is 0 Å². The molecule has 0 radical (unpaired) electrons. The van der Waals surface area contributed by atoms with Crippen LogP contribution in [-0.4, -0.2) is 35.4 Å². The zero-order chi connectivity index (χ0) is 13.8. The Hall–Kier alpha value is -1.43. The first-order valence-electron chi connectivity index (χ1n) is 5.93. The largest absolute Gasteiger partial charge is 0.341 e. The molecule has 0 aromatic heterocycles. The van der Waals surface area contributed by atoms with Crippen LogP contribution in [0.4, 0.5) is 8.78 Å². The predicted molar refractivity (Wildman–Crippen MR) is 67.9 cm³/mol. The van der Waals surface area contributed by atoms with Gasteiger partial charge >= 0.3 is 0 Å². The highest BCUT2D eigenvalue weighted by molar-refractivity contribution is 8.00. The van der Waals surface area contributed by atoms with Crippen LogP contribution < -0.4 is 0 Å². The SMILES string of the molecule is O=C1CCN(C(=O)CSc2cc(F)ccc2F)CC1. The van der Waals surface area contributed by atoms with E-state index in [0.29, 0.717) is 25.9 Å². The lowest BCUT2D eigenvalue weighted by atomic mass is 10.1. The van der Waals surface area contributed by atoms with Crippen molar-refractivity contribution in [3.63, 3.8) is 0 Å². The summed E-state index contributed by atoms with van der Waals surface area (Å²) in [5, 5.41) is 0. The number of carbonyl (C=O) groups is 2. The average Bonchev–Trinajstić information content (AvgIpc) is 2.40. The first kappa shape index (κ1) is 14.0. The maximum absolute atomic E-state index is 13.4. The Balaban J connectivity index is 1.89. The molecule has 1 saturated heterocycles. The van der Waals surface area contributed by atoms with E-state index in [9.17, 15) is 18.4 Å². The highest BCUT2D eigenvalue weighted by Crippen LogP contribution is 2.23. The number of nitrogens with zero attached hydrogens (tertiary/aromatic N) is 1. The van der Waals surface area contributed by atoms with Crippen LogP contribution in [0, 0.1) is 11.6 Å². The second-order valence-electron chi connectivity index (χ2n) is 4.28. The van der Waals surface area contributed by atoms with Crippen molar-refractivity contribution in [1.82, 2.24) is 4.90 Å². The van der Waals surface area contributed by atoms with E-state index in [0.717, 1.165) is 30.0 Å². The Morgan fingerprint density at radius 3 is 2.63 bits per heavy atom. The fraction of sp³-hybridized carbons (Fsp3) is 0.385. The van der Waals surface area contributed by atoms with Gasteiger partial charge in [-0.2, -0.15) is 0 Å². The van der Waals surface area contributed by atoms with Crippen molar-refractivity contribution in [3.8, 4) is 0 Å². The van der Waals surface area contributed by atoms with Crippen molar-refractivity contribution in [2.75, 3.05) is 18.8 Å². The monoisotopic (exact) mass is 285 g/mol. The number of carbonyl (C=O) groups excluding carboxylic acids is 2. The topological polar surface area (TPSA) is 37.4 Å². The van der Waals surface area contributed by atoms with Gasteiger partial charge in [0.2, 0.25) is 5.91 Å². The summed E-state index contributed by atoms with van der Waals surface area (Å²) >= 11 is 0.973. The summed E-state index contributed by atoms with van der Waals surface area (Å²) in [6.07, 6.45) is 0.759. The highest BCUT2D eigenvalue weighted by Gasteiger charge is 2.20. The molecule has 2 rings (SSSR count). The van der Waals surface area contributed by atoms with Crippen LogP contribution in [0.2, 0.25) is 0 Å². The van der Waals surface area contributed by atoms with Gasteiger partial charge in [0.05, 0.1) is 5.75 Å². The third-order valence-corrected chi connectivity index (χ3v) is 3.93. The maximum atomic E-state index is 13.4. The summed E-state index contributed by atoms with van der Waals surface area (Å²) < 4.78 is 26.3. The van der Waals surface area contributed by atoms with Crippen molar-refractivity contribution in [2.45, 2.75) is 17.7 Å². The van der Waals surface area contributed by atoms with E-state index >= 15 is 0 Å². The minimum atomic E-state index is -0.534. The van der Waals surface area contributed by atoms with Crippen LogP contribution in [0.3, 0.4) is 0 Å². The molecule has 102 valence electrons. The molecular formula is C13H13F2NO2S. The molecule has 6 heteroatoms. The lowest BCUT2D eigenvalue weighted by molar-refractivity contribution is -0.132. The molecule has 1 heterocycles. The molecule has 0 aliphatic carbocycles. The zero-order valence-corrected chi connectivity index (χ0v) is 11.0. The number of piperidine rings is 1. The molecule has 1 aliphatic rings. The van der Waals surface area contributed by atoms with Gasteiger partial charge in [0.15, 0.2) is 0 Å². The van der Waals surface area contributed by atoms with Crippen molar-refractivity contribution in [2.24, 2.45) is 0 Å². The molecule has 1 aromatic carbocycles. The Kier molecular flexibility index (Phi) is 4.52. The summed E-state index contributed by atoms with van der Waals surface area (Å²) in [5.41, 5.74) is 0. The number of likely N-dealkylation sites (tertiary alicyclic amines) is 1. The molecule has 0 N–H and O–H groups in total. The predicted octanol–water partition coefficient (Wildman–Crippen LogP) is 2.25. The quantitative estimate of drug-likeness (QED) is 0.799. The smallest absolute Gasteiger partial charge is 0.232 e. The van der Waals surface area contributed by atoms with Gasteiger partial charge in [-0.25, -0.2) is 8.78 Å². The Morgan fingerprint density at radius 1 is 1.26 bits per heavy atom. The summed E-state index contributed by atoms with van der Waals surface area (Å²) in [5.74, 6) is -1.00. The molecule has 1 aliphatic heterocycles. The second kappa shape index (κ2) is 6.14. The molecule has 0 bridgehead atoms. The Labute approximate surface area is 114 Å². The number of amides is 1. The molecular weight excluding hydrogens is 272 g/mol. The molecule has 1 aromatic rings. The van der Waals surface area contributed by atoms with E-state index in [2.05, 4.69) is 0 Å². The Bertz CT molecular complexity index is 497. The second-order valence-corrected chi connectivity index (χ2v) is 5.30. The number of rotatable bonds is 3. The number of Topliss-reactive ketones (excluding diaryl/α,β-unsaturated/α-hetero) is 1. The molecule has 0 saturated carbocycles. The van der Waals surface area contributed by atoms with Crippen LogP contribution in [0.5, 0.6) is 0 Å². The first-order valence-corrected chi connectivity index (χ1v) is 6.92. The Morgan fingerprint density at radius 2 is 1.95 bits per heavy atom. The average molecular weight is 285 g/mol. The van der Waals surface area contributed by atoms with Crippen molar-refractivity contribution >= 4 is 23.5 Å². The number of halogens is 2. The van der Waals surface area contributed by atoms with E-state index in [4.69, 9.17) is 0 Å². The van der Waals surface area contributed by atoms with Gasteiger partial charge in [-0.1, -0.05) is 0 Å². The molecule has 0 spiro atoms. The van der Waals surface area contributed by atoms with Crippen LogP contribution in [-0.2, 0) is 9.59 Å². The molecule has 0 atom stereocenters. The number of hydrogen-bond acceptors (Lipinski definition) is 3. The molecule has 19 heavy (non-hydrogen) atoms. The molecule has 1 amide bonds. The van der Waals surface area contributed by atoms with E-state index in [1.54, 1.807) is 4.90 Å². The minimum absolute atomic E-state index is 0.0502. The van der Waals surface area contributed by atoms with E-state index in [-0.39, 0.29) is 22.3 Å². The van der Waals surface area contributed by atoms with Crippen molar-refractivity contribution in [3.05, 3.63) is 29.8 Å². The van der Waals surface area contributed by atoms with Crippen LogP contribution >= 0.6 is 11.8 Å². The highest BCUT2D eigenvalue weighted by atomic mass is 32.2. The van der Waals surface area contributed by atoms with Crippen molar-refractivity contribution < 1.29 is 18.4 Å². The maximum Gasteiger partial charge on any atom is 0.232 e. The summed E-state index contributed by atoms with van der Waals surface area (Å²) in [4.78, 5) is 24.6. The molecule has 0 unspecified atom stereocenters. The van der Waals surface area contributed by atoms with Crippen LogP contribution in [0.1, 0.15) is 12.8 Å². The van der Waals surface area contributed by atoms with Crippen LogP contribution in [0.25, 0.3) is 0 Å². The van der Waals surface area contributed by atoms with E-state index in [1.807, 2.05) is 0 Å². The summed E-state index contributed by atoms with van der Waals surface area (Å²) in [6.45, 7) is 0.841. The van der Waals surface area contributed by atoms with Gasteiger partial charge in [0, 0.05) is 30.8 Å². The van der Waals surface area contributed by atoms with E-state index < -0.39 is 11.6 Å². The molecule has 1 fully saturated rings. The summed E-state index contributed by atoms with van der Waals surface area (Å²) in [6, 6.07) is 3.16. The van der Waals surface area contributed by atoms with Crippen LogP contribution in [0.15, 0.2) is 23.1 Å². The third-order valence-electron chi connectivity index (χ3n) is 2.92. The van der Waals surface area contributed by atoms with Gasteiger partial charge in [-0.3, -0.25) is 9.59 Å². The number of ketones is 1. The lowest BCUT2D eigenvalue weighted by Crippen LogP contribution is -2.39. The normalized spacial score (nSPS) is 15.7. The standard InChI is InChI=1S/C13H13F2NO2S/c14-9-1-2-11(15)12(7-9)19-8-13(18)16-5-3-10(17)4-6-16/h1-2,7H,3-6,8H2. The van der Waals surface area contributed by atoms with Gasteiger partial charge < -0.3 is 4.90 Å².